The highest BCUT2D eigenvalue weighted by atomic mass is 79.9. The van der Waals surface area contributed by atoms with E-state index in [0.29, 0.717) is 19.1 Å². The van der Waals surface area contributed by atoms with Crippen molar-refractivity contribution >= 4 is 15.9 Å². The molecule has 21 heavy (non-hydrogen) atoms. The molecule has 0 amide bonds. The van der Waals surface area contributed by atoms with Crippen LogP contribution in [0.15, 0.2) is 46.9 Å². The molecule has 0 fully saturated rings. The summed E-state index contributed by atoms with van der Waals surface area (Å²) in [6, 6.07) is 14.1. The number of nitrogens with two attached hydrogens (primary N) is 1. The maximum atomic E-state index is 5.97. The zero-order valence-electron chi connectivity index (χ0n) is 11.7. The summed E-state index contributed by atoms with van der Waals surface area (Å²) in [6.45, 7) is 1.91. The first-order chi connectivity index (χ1) is 10.3. The average Bonchev–Trinajstić information content (AvgIpc) is 2.54. The van der Waals surface area contributed by atoms with Crippen molar-refractivity contribution in [3.8, 4) is 11.5 Å². The van der Waals surface area contributed by atoms with Crippen molar-refractivity contribution in [3.63, 3.8) is 0 Å². The van der Waals surface area contributed by atoms with Crippen LogP contribution >= 0.6 is 15.9 Å². The fourth-order valence-electron chi connectivity index (χ4n) is 2.58. The Hall–Kier alpha value is -1.52. The van der Waals surface area contributed by atoms with Crippen LogP contribution in [-0.2, 0) is 6.54 Å². The second-order valence-electron chi connectivity index (χ2n) is 5.14. The molecule has 2 N–H and O–H groups in total. The molecule has 110 valence electrons. The number of hydrogen-bond acceptors (Lipinski definition) is 3. The zero-order valence-corrected chi connectivity index (χ0v) is 13.3. The lowest BCUT2D eigenvalue weighted by molar-refractivity contribution is 0.217. The van der Waals surface area contributed by atoms with Crippen molar-refractivity contribution in [1.82, 2.24) is 0 Å². The van der Waals surface area contributed by atoms with Crippen LogP contribution in [0, 0.1) is 0 Å². The third kappa shape index (κ3) is 3.22. The van der Waals surface area contributed by atoms with Crippen molar-refractivity contribution in [2.45, 2.75) is 18.9 Å². The third-order valence-electron chi connectivity index (χ3n) is 3.77. The van der Waals surface area contributed by atoms with Crippen molar-refractivity contribution < 1.29 is 9.47 Å². The molecule has 0 aliphatic carbocycles. The highest BCUT2D eigenvalue weighted by Crippen LogP contribution is 2.34. The van der Waals surface area contributed by atoms with Gasteiger partial charge >= 0.3 is 0 Å². The highest BCUT2D eigenvalue weighted by molar-refractivity contribution is 9.10. The molecule has 0 saturated heterocycles. The Morgan fingerprint density at radius 1 is 1.24 bits per heavy atom. The molecule has 1 aliphatic rings. The van der Waals surface area contributed by atoms with Gasteiger partial charge in [0.05, 0.1) is 13.2 Å². The van der Waals surface area contributed by atoms with E-state index >= 15 is 0 Å². The van der Waals surface area contributed by atoms with Crippen molar-refractivity contribution in [3.05, 3.63) is 58.1 Å². The molecular formula is C17H18BrNO2. The number of halogens is 1. The quantitative estimate of drug-likeness (QED) is 0.913. The van der Waals surface area contributed by atoms with Gasteiger partial charge in [0.2, 0.25) is 0 Å². The van der Waals surface area contributed by atoms with Crippen LogP contribution in [0.5, 0.6) is 11.5 Å². The molecule has 4 heteroatoms. The van der Waals surface area contributed by atoms with Gasteiger partial charge in [-0.1, -0.05) is 34.1 Å². The van der Waals surface area contributed by atoms with E-state index in [1.807, 2.05) is 36.4 Å². The highest BCUT2D eigenvalue weighted by Gasteiger charge is 2.21. The van der Waals surface area contributed by atoms with Gasteiger partial charge in [-0.25, -0.2) is 0 Å². The molecule has 0 radical (unpaired) electrons. The molecule has 3 rings (SSSR count). The first-order valence-electron chi connectivity index (χ1n) is 7.11. The Morgan fingerprint density at radius 3 is 2.95 bits per heavy atom. The van der Waals surface area contributed by atoms with Gasteiger partial charge in [0.25, 0.3) is 0 Å². The monoisotopic (exact) mass is 347 g/mol. The molecule has 1 unspecified atom stereocenters. The van der Waals surface area contributed by atoms with Crippen LogP contribution in [0.1, 0.15) is 23.5 Å². The number of ether oxygens (including phenoxy) is 2. The first-order valence-corrected chi connectivity index (χ1v) is 7.90. The minimum absolute atomic E-state index is 0.375. The SMILES string of the molecule is NCc1cc(OCC2CCOc3ccccc32)ccc1Br. The molecule has 2 aromatic rings. The van der Waals surface area contributed by atoms with E-state index in [0.717, 1.165) is 34.6 Å². The summed E-state index contributed by atoms with van der Waals surface area (Å²) in [5.74, 6) is 2.22. The molecule has 1 atom stereocenters. The second kappa shape index (κ2) is 6.50. The summed E-state index contributed by atoms with van der Waals surface area (Å²) in [6.07, 6.45) is 0.983. The predicted octanol–water partition coefficient (Wildman–Crippen LogP) is 3.85. The van der Waals surface area contributed by atoms with Gasteiger partial charge in [-0.2, -0.15) is 0 Å². The summed E-state index contributed by atoms with van der Waals surface area (Å²) in [4.78, 5) is 0. The van der Waals surface area contributed by atoms with Gasteiger partial charge in [-0.05, 0) is 36.2 Å². The summed E-state index contributed by atoms with van der Waals surface area (Å²) in [7, 11) is 0. The van der Waals surface area contributed by atoms with Crippen molar-refractivity contribution in [1.29, 1.82) is 0 Å². The summed E-state index contributed by atoms with van der Waals surface area (Å²) in [5.41, 5.74) is 8.01. The lowest BCUT2D eigenvalue weighted by Crippen LogP contribution is -2.19. The average molecular weight is 348 g/mol. The minimum Gasteiger partial charge on any atom is -0.493 e. The Bertz CT molecular complexity index is 630. The molecule has 2 aromatic carbocycles. The number of fused-ring (bicyclic) bond motifs is 1. The van der Waals surface area contributed by atoms with Gasteiger partial charge < -0.3 is 15.2 Å². The first kappa shape index (κ1) is 14.4. The lowest BCUT2D eigenvalue weighted by atomic mass is 9.94. The van der Waals surface area contributed by atoms with Crippen LogP contribution in [0.3, 0.4) is 0 Å². The van der Waals surface area contributed by atoms with Crippen molar-refractivity contribution in [2.24, 2.45) is 5.73 Å². The van der Waals surface area contributed by atoms with Crippen LogP contribution in [0.2, 0.25) is 0 Å². The van der Waals surface area contributed by atoms with E-state index in [-0.39, 0.29) is 0 Å². The van der Waals surface area contributed by atoms with E-state index < -0.39 is 0 Å². The van der Waals surface area contributed by atoms with Gasteiger partial charge in [0.15, 0.2) is 0 Å². The molecule has 0 bridgehead atoms. The summed E-state index contributed by atoms with van der Waals surface area (Å²) >= 11 is 3.49. The maximum absolute atomic E-state index is 5.97. The number of para-hydroxylation sites is 1. The van der Waals surface area contributed by atoms with E-state index in [9.17, 15) is 0 Å². The Kier molecular flexibility index (Phi) is 4.46. The minimum atomic E-state index is 0.375. The number of rotatable bonds is 4. The molecule has 0 aromatic heterocycles. The Morgan fingerprint density at radius 2 is 2.10 bits per heavy atom. The maximum Gasteiger partial charge on any atom is 0.122 e. The smallest absolute Gasteiger partial charge is 0.122 e. The molecule has 1 heterocycles. The van der Waals surface area contributed by atoms with E-state index in [1.165, 1.54) is 5.56 Å². The normalized spacial score (nSPS) is 17.0. The number of benzene rings is 2. The molecule has 1 aliphatic heterocycles. The summed E-state index contributed by atoms with van der Waals surface area (Å²) in [5, 5.41) is 0. The zero-order chi connectivity index (χ0) is 14.7. The lowest BCUT2D eigenvalue weighted by Gasteiger charge is -2.25. The molecule has 0 saturated carbocycles. The second-order valence-corrected chi connectivity index (χ2v) is 5.99. The van der Waals surface area contributed by atoms with Crippen LogP contribution in [-0.4, -0.2) is 13.2 Å². The van der Waals surface area contributed by atoms with Crippen LogP contribution in [0.4, 0.5) is 0 Å². The van der Waals surface area contributed by atoms with Gasteiger partial charge in [0, 0.05) is 22.5 Å². The largest absolute Gasteiger partial charge is 0.493 e. The molecular weight excluding hydrogens is 330 g/mol. The van der Waals surface area contributed by atoms with E-state index in [1.54, 1.807) is 0 Å². The fourth-order valence-corrected chi connectivity index (χ4v) is 2.99. The molecule has 0 spiro atoms. The van der Waals surface area contributed by atoms with Crippen LogP contribution in [0.25, 0.3) is 0 Å². The fraction of sp³-hybridized carbons (Fsp3) is 0.294. The van der Waals surface area contributed by atoms with E-state index in [2.05, 4.69) is 22.0 Å². The van der Waals surface area contributed by atoms with Gasteiger partial charge in [-0.15, -0.1) is 0 Å². The predicted molar refractivity (Wildman–Crippen MR) is 86.8 cm³/mol. The molecule has 3 nitrogen and oxygen atoms in total. The van der Waals surface area contributed by atoms with Crippen LogP contribution < -0.4 is 15.2 Å². The number of hydrogen-bond donors (Lipinski definition) is 1. The van der Waals surface area contributed by atoms with E-state index in [4.69, 9.17) is 15.2 Å². The topological polar surface area (TPSA) is 44.5 Å². The Labute approximate surface area is 133 Å². The van der Waals surface area contributed by atoms with Gasteiger partial charge in [-0.3, -0.25) is 0 Å². The Balaban J connectivity index is 1.71. The standard InChI is InChI=1S/C17H18BrNO2/c18-16-6-5-14(9-13(16)10-19)21-11-12-7-8-20-17-4-2-1-3-15(12)17/h1-6,9,12H,7-8,10-11,19H2. The van der Waals surface area contributed by atoms with Crippen molar-refractivity contribution in [2.75, 3.05) is 13.2 Å². The van der Waals surface area contributed by atoms with Gasteiger partial charge in [0.1, 0.15) is 11.5 Å². The third-order valence-corrected chi connectivity index (χ3v) is 4.54. The summed E-state index contributed by atoms with van der Waals surface area (Å²) < 4.78 is 12.7.